The van der Waals surface area contributed by atoms with Gasteiger partial charge >= 0.3 is 5.97 Å². The van der Waals surface area contributed by atoms with Gasteiger partial charge in [-0.15, -0.1) is 0 Å². The van der Waals surface area contributed by atoms with E-state index < -0.39 is 21.9 Å². The number of methoxy groups -OCH3 is 1. The fraction of sp³-hybridized carbons (Fsp3) is 0.115. The molecule has 0 radical (unpaired) electrons. The van der Waals surface area contributed by atoms with Gasteiger partial charge in [0.05, 0.1) is 17.7 Å². The summed E-state index contributed by atoms with van der Waals surface area (Å²) >= 11 is 0. The number of sulfonamides is 1. The molecule has 10 heteroatoms. The summed E-state index contributed by atoms with van der Waals surface area (Å²) in [6.45, 7) is 2.92. The molecule has 2 amide bonds. The van der Waals surface area contributed by atoms with Crippen molar-refractivity contribution in [3.63, 3.8) is 0 Å². The monoisotopic (exact) mass is 506 g/mol. The molecule has 0 saturated heterocycles. The van der Waals surface area contributed by atoms with Crippen molar-refractivity contribution in [1.82, 2.24) is 0 Å². The Bertz CT molecular complexity index is 1570. The molecule has 1 aromatic heterocycles. The van der Waals surface area contributed by atoms with Crippen LogP contribution < -0.4 is 9.62 Å². The van der Waals surface area contributed by atoms with E-state index in [1.807, 2.05) is 0 Å². The Balaban J connectivity index is 1.89. The molecule has 3 aromatic carbocycles. The van der Waals surface area contributed by atoms with E-state index in [2.05, 4.69) is 5.32 Å². The number of benzene rings is 3. The fourth-order valence-electron chi connectivity index (χ4n) is 3.77. The van der Waals surface area contributed by atoms with Crippen molar-refractivity contribution in [2.24, 2.45) is 0 Å². The highest BCUT2D eigenvalue weighted by Crippen LogP contribution is 2.33. The minimum absolute atomic E-state index is 0.00763. The lowest BCUT2D eigenvalue weighted by molar-refractivity contribution is -0.114. The van der Waals surface area contributed by atoms with Gasteiger partial charge in [-0.2, -0.15) is 4.31 Å². The van der Waals surface area contributed by atoms with Crippen LogP contribution >= 0.6 is 0 Å². The molecular formula is C26H22N2O7S. The molecule has 0 aliphatic rings. The molecule has 0 atom stereocenters. The summed E-state index contributed by atoms with van der Waals surface area (Å²) in [5, 5.41) is 2.87. The first-order valence-electron chi connectivity index (χ1n) is 10.8. The van der Waals surface area contributed by atoms with E-state index in [0.717, 1.165) is 0 Å². The van der Waals surface area contributed by atoms with Gasteiger partial charge in [0.15, 0.2) is 0 Å². The molecule has 1 N–H and O–H groups in total. The first kappa shape index (κ1) is 24.7. The summed E-state index contributed by atoms with van der Waals surface area (Å²) in [7, 11) is -3.20. The Hall–Kier alpha value is -4.44. The zero-order valence-corrected chi connectivity index (χ0v) is 20.5. The number of rotatable bonds is 6. The van der Waals surface area contributed by atoms with Crippen LogP contribution in [-0.2, 0) is 19.6 Å². The maximum absolute atomic E-state index is 13.8. The summed E-state index contributed by atoms with van der Waals surface area (Å²) in [4.78, 5) is 37.1. The van der Waals surface area contributed by atoms with Crippen LogP contribution in [-0.4, -0.2) is 33.3 Å². The number of anilines is 2. The summed E-state index contributed by atoms with van der Waals surface area (Å²) in [6, 6.07) is 17.7. The first-order valence-corrected chi connectivity index (χ1v) is 12.2. The fourth-order valence-corrected chi connectivity index (χ4v) is 5.18. The second-order valence-corrected chi connectivity index (χ2v) is 9.64. The van der Waals surface area contributed by atoms with Crippen LogP contribution in [0.1, 0.15) is 33.4 Å². The quantitative estimate of drug-likeness (QED) is 0.381. The van der Waals surface area contributed by atoms with Crippen molar-refractivity contribution >= 4 is 50.2 Å². The molecule has 0 aliphatic heterocycles. The van der Waals surface area contributed by atoms with E-state index in [9.17, 15) is 22.8 Å². The van der Waals surface area contributed by atoms with Crippen molar-refractivity contribution in [3.8, 4) is 0 Å². The van der Waals surface area contributed by atoms with E-state index in [-0.39, 0.29) is 27.6 Å². The SMILES string of the molecule is COC(=O)c1c(C)oc2ccc(N(C(=O)c3ccccc3)S(=O)(=O)c3ccc(NC(C)=O)cc3)cc12. The van der Waals surface area contributed by atoms with Crippen molar-refractivity contribution < 1.29 is 32.0 Å². The Morgan fingerprint density at radius 1 is 0.944 bits per heavy atom. The highest BCUT2D eigenvalue weighted by molar-refractivity contribution is 7.93. The zero-order chi connectivity index (χ0) is 26.0. The zero-order valence-electron chi connectivity index (χ0n) is 19.6. The third-order valence-corrected chi connectivity index (χ3v) is 7.11. The molecule has 0 bridgehead atoms. The number of nitrogens with zero attached hydrogens (tertiary/aromatic N) is 1. The van der Waals surface area contributed by atoms with Gasteiger partial charge in [0.2, 0.25) is 5.91 Å². The number of carbonyl (C=O) groups excluding carboxylic acids is 3. The number of aryl methyl sites for hydroxylation is 1. The van der Waals surface area contributed by atoms with Gasteiger partial charge in [0.25, 0.3) is 15.9 Å². The smallest absolute Gasteiger partial charge is 0.342 e. The average molecular weight is 507 g/mol. The molecule has 184 valence electrons. The van der Waals surface area contributed by atoms with E-state index in [4.69, 9.17) is 9.15 Å². The molecule has 1 heterocycles. The van der Waals surface area contributed by atoms with E-state index in [1.165, 1.54) is 68.6 Å². The first-order chi connectivity index (χ1) is 17.1. The number of hydrogen-bond acceptors (Lipinski definition) is 7. The maximum Gasteiger partial charge on any atom is 0.342 e. The molecule has 4 aromatic rings. The van der Waals surface area contributed by atoms with E-state index in [0.29, 0.717) is 26.7 Å². The van der Waals surface area contributed by atoms with Crippen LogP contribution in [0.3, 0.4) is 0 Å². The molecule has 36 heavy (non-hydrogen) atoms. The molecule has 9 nitrogen and oxygen atoms in total. The molecule has 0 saturated carbocycles. The lowest BCUT2D eigenvalue weighted by Crippen LogP contribution is -2.37. The third kappa shape index (κ3) is 4.58. The van der Waals surface area contributed by atoms with Crippen molar-refractivity contribution in [1.29, 1.82) is 0 Å². The normalized spacial score (nSPS) is 11.2. The number of fused-ring (bicyclic) bond motifs is 1. The maximum atomic E-state index is 13.8. The van der Waals surface area contributed by atoms with Crippen molar-refractivity contribution in [2.75, 3.05) is 16.7 Å². The minimum Gasteiger partial charge on any atom is -0.465 e. The lowest BCUT2D eigenvalue weighted by Gasteiger charge is -2.23. The van der Waals surface area contributed by atoms with Crippen LogP contribution in [0.4, 0.5) is 11.4 Å². The topological polar surface area (TPSA) is 123 Å². The number of ether oxygens (including phenoxy) is 1. The number of hydrogen-bond donors (Lipinski definition) is 1. The molecule has 0 fully saturated rings. The predicted octanol–water partition coefficient (Wildman–Crippen LogP) is 4.52. The summed E-state index contributed by atoms with van der Waals surface area (Å²) in [5.74, 6) is -1.45. The van der Waals surface area contributed by atoms with E-state index in [1.54, 1.807) is 25.1 Å². The van der Waals surface area contributed by atoms with Gasteiger partial charge in [-0.3, -0.25) is 9.59 Å². The number of carbonyl (C=O) groups is 3. The van der Waals surface area contributed by atoms with Crippen LogP contribution in [0.5, 0.6) is 0 Å². The Morgan fingerprint density at radius 2 is 1.61 bits per heavy atom. The average Bonchev–Trinajstić information content (AvgIpc) is 3.19. The number of amides is 2. The van der Waals surface area contributed by atoms with Gasteiger partial charge in [0.1, 0.15) is 16.9 Å². The lowest BCUT2D eigenvalue weighted by atomic mass is 10.1. The molecule has 0 spiro atoms. The van der Waals surface area contributed by atoms with Crippen LogP contribution in [0.2, 0.25) is 0 Å². The van der Waals surface area contributed by atoms with E-state index >= 15 is 0 Å². The van der Waals surface area contributed by atoms with Gasteiger partial charge in [-0.25, -0.2) is 13.2 Å². The minimum atomic E-state index is -4.42. The third-order valence-electron chi connectivity index (χ3n) is 5.39. The standard InChI is InChI=1S/C26H22N2O7S/c1-16-24(26(31)34-3)22-15-20(11-14-23(22)35-16)28(25(30)18-7-5-4-6-8-18)36(32,33)21-12-9-19(10-13-21)27-17(2)29/h4-15H,1-3H3,(H,27,29). The van der Waals surface area contributed by atoms with Crippen LogP contribution in [0.25, 0.3) is 11.0 Å². The van der Waals surface area contributed by atoms with Crippen molar-refractivity contribution in [3.05, 3.63) is 89.7 Å². The Morgan fingerprint density at radius 3 is 2.22 bits per heavy atom. The second-order valence-electron chi connectivity index (χ2n) is 7.85. The van der Waals surface area contributed by atoms with Gasteiger partial charge in [-0.05, 0) is 61.5 Å². The largest absolute Gasteiger partial charge is 0.465 e. The van der Waals surface area contributed by atoms with Crippen LogP contribution in [0, 0.1) is 6.92 Å². The Labute approximate surface area is 207 Å². The molecule has 0 aliphatic carbocycles. The number of nitrogens with one attached hydrogen (secondary N) is 1. The molecule has 0 unspecified atom stereocenters. The van der Waals surface area contributed by atoms with Gasteiger partial charge in [-0.1, -0.05) is 18.2 Å². The second kappa shape index (κ2) is 9.67. The summed E-state index contributed by atoms with van der Waals surface area (Å²) in [5.41, 5.74) is 1.03. The van der Waals surface area contributed by atoms with Gasteiger partial charge in [0, 0.05) is 23.6 Å². The van der Waals surface area contributed by atoms with Crippen molar-refractivity contribution in [2.45, 2.75) is 18.7 Å². The Kier molecular flexibility index (Phi) is 6.63. The summed E-state index contributed by atoms with van der Waals surface area (Å²) < 4.78 is 38.8. The number of furan rings is 1. The molecule has 4 rings (SSSR count). The summed E-state index contributed by atoms with van der Waals surface area (Å²) in [6.07, 6.45) is 0. The van der Waals surface area contributed by atoms with Crippen LogP contribution in [0.15, 0.2) is 82.1 Å². The highest BCUT2D eigenvalue weighted by atomic mass is 32.2. The predicted molar refractivity (Wildman–Crippen MR) is 133 cm³/mol. The molecular weight excluding hydrogens is 484 g/mol. The highest BCUT2D eigenvalue weighted by Gasteiger charge is 2.33. The number of esters is 1. The van der Waals surface area contributed by atoms with Gasteiger partial charge < -0.3 is 14.5 Å².